The summed E-state index contributed by atoms with van der Waals surface area (Å²) in [5.74, 6) is -0.593. The predicted molar refractivity (Wildman–Crippen MR) is 67.1 cm³/mol. The molecule has 18 heavy (non-hydrogen) atoms. The van der Waals surface area contributed by atoms with Gasteiger partial charge in [0.05, 0.1) is 5.56 Å². The molecular formula is C13H14FN3O. The van der Waals surface area contributed by atoms with E-state index in [9.17, 15) is 9.18 Å². The minimum atomic E-state index is -0.499. The van der Waals surface area contributed by atoms with Crippen molar-refractivity contribution in [2.45, 2.75) is 20.3 Å². The van der Waals surface area contributed by atoms with E-state index in [2.05, 4.69) is 15.5 Å². The van der Waals surface area contributed by atoms with Crippen LogP contribution < -0.4 is 5.32 Å². The second kappa shape index (κ2) is 5.00. The number of amides is 1. The molecule has 94 valence electrons. The average Bonchev–Trinajstić information content (AvgIpc) is 2.80. The SMILES string of the molecule is CCc1cc(NC(=O)c2cccc(C)c2F)n[nH]1. The number of carbonyl (C=O) groups excluding carboxylic acids is 1. The second-order valence-electron chi connectivity index (χ2n) is 4.02. The van der Waals surface area contributed by atoms with Gasteiger partial charge in [0.1, 0.15) is 5.82 Å². The van der Waals surface area contributed by atoms with Crippen LogP contribution in [0, 0.1) is 12.7 Å². The maximum absolute atomic E-state index is 13.7. The molecule has 0 spiro atoms. The quantitative estimate of drug-likeness (QED) is 0.876. The van der Waals surface area contributed by atoms with Crippen LogP contribution in [0.5, 0.6) is 0 Å². The summed E-state index contributed by atoms with van der Waals surface area (Å²) < 4.78 is 13.7. The molecule has 0 unspecified atom stereocenters. The Bertz CT molecular complexity index is 577. The van der Waals surface area contributed by atoms with E-state index in [0.717, 1.165) is 12.1 Å². The van der Waals surface area contributed by atoms with Crippen molar-refractivity contribution in [3.05, 3.63) is 46.9 Å². The summed E-state index contributed by atoms with van der Waals surface area (Å²) in [6.45, 7) is 3.59. The van der Waals surface area contributed by atoms with E-state index in [0.29, 0.717) is 11.4 Å². The molecule has 4 nitrogen and oxygen atoms in total. The lowest BCUT2D eigenvalue weighted by Gasteiger charge is -2.04. The molecule has 0 saturated heterocycles. The molecule has 0 aliphatic rings. The van der Waals surface area contributed by atoms with Crippen LogP contribution >= 0.6 is 0 Å². The van der Waals surface area contributed by atoms with Crippen LogP contribution in [-0.4, -0.2) is 16.1 Å². The van der Waals surface area contributed by atoms with Crippen molar-refractivity contribution in [3.8, 4) is 0 Å². The highest BCUT2D eigenvalue weighted by Gasteiger charge is 2.14. The van der Waals surface area contributed by atoms with Crippen LogP contribution in [0.25, 0.3) is 0 Å². The van der Waals surface area contributed by atoms with Gasteiger partial charge in [0.2, 0.25) is 0 Å². The van der Waals surface area contributed by atoms with E-state index < -0.39 is 11.7 Å². The van der Waals surface area contributed by atoms with E-state index in [1.165, 1.54) is 6.07 Å². The van der Waals surface area contributed by atoms with Gasteiger partial charge in [-0.1, -0.05) is 19.1 Å². The van der Waals surface area contributed by atoms with Gasteiger partial charge in [-0.3, -0.25) is 9.89 Å². The molecule has 1 heterocycles. The topological polar surface area (TPSA) is 57.8 Å². The van der Waals surface area contributed by atoms with Gasteiger partial charge in [0.25, 0.3) is 5.91 Å². The Hall–Kier alpha value is -2.17. The maximum atomic E-state index is 13.7. The maximum Gasteiger partial charge on any atom is 0.259 e. The third kappa shape index (κ3) is 2.40. The Morgan fingerprint density at radius 3 is 2.94 bits per heavy atom. The number of hydrogen-bond acceptors (Lipinski definition) is 2. The Morgan fingerprint density at radius 2 is 2.28 bits per heavy atom. The number of aromatic nitrogens is 2. The molecule has 2 rings (SSSR count). The zero-order valence-corrected chi connectivity index (χ0v) is 10.2. The molecule has 0 fully saturated rings. The molecule has 1 amide bonds. The lowest BCUT2D eigenvalue weighted by molar-refractivity contribution is 0.102. The largest absolute Gasteiger partial charge is 0.305 e. The van der Waals surface area contributed by atoms with Crippen LogP contribution in [0.3, 0.4) is 0 Å². The van der Waals surface area contributed by atoms with Gasteiger partial charge in [-0.05, 0) is 25.0 Å². The van der Waals surface area contributed by atoms with Gasteiger partial charge in [-0.2, -0.15) is 5.10 Å². The third-order valence-electron chi connectivity index (χ3n) is 2.69. The van der Waals surface area contributed by atoms with Crippen LogP contribution in [0.1, 0.15) is 28.5 Å². The van der Waals surface area contributed by atoms with Crippen LogP contribution in [0.2, 0.25) is 0 Å². The van der Waals surface area contributed by atoms with Crippen molar-refractivity contribution in [2.24, 2.45) is 0 Å². The number of nitrogens with one attached hydrogen (secondary N) is 2. The fraction of sp³-hybridized carbons (Fsp3) is 0.231. The molecule has 1 aromatic heterocycles. The molecule has 2 aromatic rings. The molecule has 0 bridgehead atoms. The van der Waals surface area contributed by atoms with Gasteiger partial charge in [0, 0.05) is 11.8 Å². The predicted octanol–water partition coefficient (Wildman–Crippen LogP) is 2.67. The molecule has 0 atom stereocenters. The lowest BCUT2D eigenvalue weighted by Crippen LogP contribution is -2.14. The Balaban J connectivity index is 2.19. The van der Waals surface area contributed by atoms with Gasteiger partial charge >= 0.3 is 0 Å². The van der Waals surface area contributed by atoms with Gasteiger partial charge < -0.3 is 5.32 Å². The van der Waals surface area contributed by atoms with E-state index in [4.69, 9.17) is 0 Å². The Morgan fingerprint density at radius 1 is 1.50 bits per heavy atom. The smallest absolute Gasteiger partial charge is 0.259 e. The highest BCUT2D eigenvalue weighted by molar-refractivity contribution is 6.04. The first-order valence-corrected chi connectivity index (χ1v) is 5.72. The van der Waals surface area contributed by atoms with Crippen molar-refractivity contribution in [1.82, 2.24) is 10.2 Å². The number of nitrogens with zero attached hydrogens (tertiary/aromatic N) is 1. The van der Waals surface area contributed by atoms with E-state index in [-0.39, 0.29) is 5.56 Å². The number of rotatable bonds is 3. The first kappa shape index (κ1) is 12.3. The number of benzene rings is 1. The average molecular weight is 247 g/mol. The summed E-state index contributed by atoms with van der Waals surface area (Å²) in [4.78, 5) is 11.9. The van der Waals surface area contributed by atoms with Crippen LogP contribution in [0.4, 0.5) is 10.2 Å². The van der Waals surface area contributed by atoms with E-state index in [1.807, 2.05) is 6.92 Å². The fourth-order valence-electron chi connectivity index (χ4n) is 1.61. The van der Waals surface area contributed by atoms with E-state index >= 15 is 0 Å². The fourth-order valence-corrected chi connectivity index (χ4v) is 1.61. The molecular weight excluding hydrogens is 233 g/mol. The summed E-state index contributed by atoms with van der Waals surface area (Å²) in [6.07, 6.45) is 0.793. The monoisotopic (exact) mass is 247 g/mol. The minimum Gasteiger partial charge on any atom is -0.305 e. The highest BCUT2D eigenvalue weighted by Crippen LogP contribution is 2.14. The highest BCUT2D eigenvalue weighted by atomic mass is 19.1. The summed E-state index contributed by atoms with van der Waals surface area (Å²) in [5.41, 5.74) is 1.38. The van der Waals surface area contributed by atoms with Crippen LogP contribution in [-0.2, 0) is 6.42 Å². The zero-order valence-electron chi connectivity index (χ0n) is 10.2. The normalized spacial score (nSPS) is 10.4. The molecule has 2 N–H and O–H groups in total. The number of aryl methyl sites for hydroxylation is 2. The first-order chi connectivity index (χ1) is 8.61. The molecule has 0 aliphatic carbocycles. The second-order valence-corrected chi connectivity index (χ2v) is 4.02. The molecule has 5 heteroatoms. The summed E-state index contributed by atoms with van der Waals surface area (Å²) in [5, 5.41) is 9.26. The van der Waals surface area contributed by atoms with Crippen molar-refractivity contribution < 1.29 is 9.18 Å². The minimum absolute atomic E-state index is 0.0241. The molecule has 0 saturated carbocycles. The molecule has 0 radical (unpaired) electrons. The number of hydrogen-bond donors (Lipinski definition) is 2. The Labute approximate surface area is 104 Å². The summed E-state index contributed by atoms with van der Waals surface area (Å²) in [7, 11) is 0. The van der Waals surface area contributed by atoms with Gasteiger partial charge in [-0.25, -0.2) is 4.39 Å². The number of H-pyrrole nitrogens is 1. The summed E-state index contributed by atoms with van der Waals surface area (Å²) >= 11 is 0. The molecule has 0 aliphatic heterocycles. The number of halogens is 1. The van der Waals surface area contributed by atoms with Gasteiger partial charge in [0.15, 0.2) is 5.82 Å². The van der Waals surface area contributed by atoms with Crippen molar-refractivity contribution >= 4 is 11.7 Å². The van der Waals surface area contributed by atoms with Crippen LogP contribution in [0.15, 0.2) is 24.3 Å². The number of aromatic amines is 1. The van der Waals surface area contributed by atoms with E-state index in [1.54, 1.807) is 25.1 Å². The summed E-state index contributed by atoms with van der Waals surface area (Å²) in [6, 6.07) is 6.45. The molecule has 1 aromatic carbocycles. The van der Waals surface area contributed by atoms with Crippen molar-refractivity contribution in [2.75, 3.05) is 5.32 Å². The lowest BCUT2D eigenvalue weighted by atomic mass is 10.1. The Kier molecular flexibility index (Phi) is 3.41. The third-order valence-corrected chi connectivity index (χ3v) is 2.69. The number of anilines is 1. The first-order valence-electron chi connectivity index (χ1n) is 5.72. The standard InChI is InChI=1S/C13H14FN3O/c1-3-9-7-11(17-16-9)15-13(18)10-6-4-5-8(2)12(10)14/h4-7H,3H2,1-2H3,(H2,15,16,17,18). The van der Waals surface area contributed by atoms with Gasteiger partial charge in [-0.15, -0.1) is 0 Å². The number of carbonyl (C=O) groups is 1. The van der Waals surface area contributed by atoms with Crippen molar-refractivity contribution in [3.63, 3.8) is 0 Å². The van der Waals surface area contributed by atoms with Crippen molar-refractivity contribution in [1.29, 1.82) is 0 Å². The zero-order chi connectivity index (χ0) is 13.1.